The summed E-state index contributed by atoms with van der Waals surface area (Å²) < 4.78 is 4.90. The van der Waals surface area contributed by atoms with Crippen LogP contribution in [0, 0.1) is 11.8 Å². The van der Waals surface area contributed by atoms with Gasteiger partial charge in [-0.1, -0.05) is 13.3 Å². The van der Waals surface area contributed by atoms with E-state index in [0.717, 1.165) is 6.42 Å². The number of hydrogen-bond donors (Lipinski definition) is 0. The van der Waals surface area contributed by atoms with E-state index < -0.39 is 0 Å². The molecular weight excluding hydrogens is 140 g/mol. The van der Waals surface area contributed by atoms with Crippen molar-refractivity contribution in [3.05, 3.63) is 0 Å². The smallest absolute Gasteiger partial charge is 0.309 e. The summed E-state index contributed by atoms with van der Waals surface area (Å²) in [7, 11) is 0. The Kier molecular flexibility index (Phi) is 2.92. The molecule has 2 heteroatoms. The molecule has 0 aliphatic heterocycles. The molecule has 2 nitrogen and oxygen atoms in total. The molecule has 64 valence electrons. The van der Waals surface area contributed by atoms with Crippen LogP contribution in [0.15, 0.2) is 0 Å². The third-order valence-corrected chi connectivity index (χ3v) is 2.17. The Morgan fingerprint density at radius 2 is 2.27 bits per heavy atom. The summed E-state index contributed by atoms with van der Waals surface area (Å²) in [6.45, 7) is 4.53. The van der Waals surface area contributed by atoms with Gasteiger partial charge >= 0.3 is 5.97 Å². The van der Waals surface area contributed by atoms with Gasteiger partial charge in [0.05, 0.1) is 12.5 Å². The lowest BCUT2D eigenvalue weighted by Crippen LogP contribution is -2.07. The van der Waals surface area contributed by atoms with Crippen LogP contribution in [0.2, 0.25) is 0 Å². The second-order valence-electron chi connectivity index (χ2n) is 3.14. The van der Waals surface area contributed by atoms with Crippen LogP contribution in [0.1, 0.15) is 33.1 Å². The van der Waals surface area contributed by atoms with Crippen molar-refractivity contribution in [3.63, 3.8) is 0 Å². The van der Waals surface area contributed by atoms with Gasteiger partial charge in [0.15, 0.2) is 0 Å². The molecule has 0 unspecified atom stereocenters. The molecule has 1 fully saturated rings. The average Bonchev–Trinajstić information content (AvgIpc) is 2.69. The van der Waals surface area contributed by atoms with Crippen molar-refractivity contribution in [2.75, 3.05) is 6.61 Å². The Bertz CT molecular complexity index is 142. The number of carbonyl (C=O) groups excluding carboxylic acids is 1. The minimum Gasteiger partial charge on any atom is -0.466 e. The Balaban J connectivity index is 2.15. The molecule has 0 heterocycles. The first-order valence-corrected chi connectivity index (χ1v) is 4.46. The number of esters is 1. The van der Waals surface area contributed by atoms with Crippen LogP contribution >= 0.6 is 0 Å². The summed E-state index contributed by atoms with van der Waals surface area (Å²) in [4.78, 5) is 11.1. The Morgan fingerprint density at radius 3 is 2.82 bits per heavy atom. The summed E-state index contributed by atoms with van der Waals surface area (Å²) in [6, 6.07) is 0. The van der Waals surface area contributed by atoms with Gasteiger partial charge in [0, 0.05) is 0 Å². The van der Waals surface area contributed by atoms with Gasteiger partial charge < -0.3 is 4.74 Å². The van der Waals surface area contributed by atoms with E-state index in [2.05, 4.69) is 6.92 Å². The standard InChI is InChI=1S/C9H16O2/c1-3-5-7-6-8(7)9(10)11-4-2/h7-8H,3-6H2,1-2H3/t7-,8-/m1/s1. The zero-order valence-corrected chi connectivity index (χ0v) is 7.30. The maximum absolute atomic E-state index is 11.1. The molecule has 0 aromatic heterocycles. The number of carbonyl (C=O) groups is 1. The quantitative estimate of drug-likeness (QED) is 0.582. The predicted molar refractivity (Wildman–Crippen MR) is 43.1 cm³/mol. The summed E-state index contributed by atoms with van der Waals surface area (Å²) in [6.07, 6.45) is 3.43. The molecule has 1 saturated carbocycles. The predicted octanol–water partition coefficient (Wildman–Crippen LogP) is 1.99. The van der Waals surface area contributed by atoms with E-state index in [1.165, 1.54) is 12.8 Å². The monoisotopic (exact) mass is 156 g/mol. The van der Waals surface area contributed by atoms with E-state index in [9.17, 15) is 4.79 Å². The zero-order valence-electron chi connectivity index (χ0n) is 7.30. The third kappa shape index (κ3) is 2.21. The van der Waals surface area contributed by atoms with Crippen molar-refractivity contribution >= 4 is 5.97 Å². The van der Waals surface area contributed by atoms with Crippen LogP contribution in [-0.2, 0) is 9.53 Å². The normalized spacial score (nSPS) is 28.2. The highest BCUT2D eigenvalue weighted by molar-refractivity contribution is 5.75. The maximum Gasteiger partial charge on any atom is 0.309 e. The van der Waals surface area contributed by atoms with Crippen molar-refractivity contribution in [2.45, 2.75) is 33.1 Å². The Labute approximate surface area is 67.9 Å². The molecule has 0 spiro atoms. The number of hydrogen-bond acceptors (Lipinski definition) is 2. The van der Waals surface area contributed by atoms with Gasteiger partial charge in [-0.3, -0.25) is 4.79 Å². The van der Waals surface area contributed by atoms with Crippen LogP contribution in [0.4, 0.5) is 0 Å². The summed E-state index contributed by atoms with van der Waals surface area (Å²) in [5, 5.41) is 0. The van der Waals surface area contributed by atoms with E-state index in [4.69, 9.17) is 4.74 Å². The van der Waals surface area contributed by atoms with E-state index >= 15 is 0 Å². The fourth-order valence-corrected chi connectivity index (χ4v) is 1.48. The van der Waals surface area contributed by atoms with Gasteiger partial charge in [0.25, 0.3) is 0 Å². The molecule has 1 rings (SSSR count). The molecule has 11 heavy (non-hydrogen) atoms. The van der Waals surface area contributed by atoms with E-state index in [1.54, 1.807) is 0 Å². The average molecular weight is 156 g/mol. The maximum atomic E-state index is 11.1. The van der Waals surface area contributed by atoms with Crippen LogP contribution < -0.4 is 0 Å². The molecule has 0 saturated heterocycles. The summed E-state index contributed by atoms with van der Waals surface area (Å²) in [5.74, 6) is 0.903. The first-order valence-electron chi connectivity index (χ1n) is 4.46. The fourth-order valence-electron chi connectivity index (χ4n) is 1.48. The van der Waals surface area contributed by atoms with Crippen LogP contribution in [0.5, 0.6) is 0 Å². The highest BCUT2D eigenvalue weighted by atomic mass is 16.5. The van der Waals surface area contributed by atoms with Gasteiger partial charge in [-0.15, -0.1) is 0 Å². The van der Waals surface area contributed by atoms with Crippen molar-refractivity contribution in [1.29, 1.82) is 0 Å². The molecule has 2 atom stereocenters. The highest BCUT2D eigenvalue weighted by Crippen LogP contribution is 2.42. The highest BCUT2D eigenvalue weighted by Gasteiger charge is 2.42. The molecule has 0 N–H and O–H groups in total. The van der Waals surface area contributed by atoms with Crippen LogP contribution in [0.3, 0.4) is 0 Å². The molecular formula is C9H16O2. The molecule has 0 aromatic carbocycles. The van der Waals surface area contributed by atoms with Crippen LogP contribution in [-0.4, -0.2) is 12.6 Å². The minimum absolute atomic E-state index is 0.0194. The van der Waals surface area contributed by atoms with Crippen LogP contribution in [0.25, 0.3) is 0 Å². The van der Waals surface area contributed by atoms with Crippen molar-refractivity contribution in [2.24, 2.45) is 11.8 Å². The SMILES string of the molecule is CCC[C@@H]1C[C@H]1C(=O)OCC. The lowest BCUT2D eigenvalue weighted by atomic mass is 10.2. The fraction of sp³-hybridized carbons (Fsp3) is 0.889. The Hall–Kier alpha value is -0.530. The summed E-state index contributed by atoms with van der Waals surface area (Å²) >= 11 is 0. The number of rotatable bonds is 4. The second-order valence-corrected chi connectivity index (χ2v) is 3.14. The van der Waals surface area contributed by atoms with Gasteiger partial charge in [0.2, 0.25) is 0 Å². The first-order chi connectivity index (χ1) is 5.29. The molecule has 1 aliphatic carbocycles. The lowest BCUT2D eigenvalue weighted by molar-refractivity contribution is -0.145. The third-order valence-electron chi connectivity index (χ3n) is 2.17. The molecule has 0 amide bonds. The molecule has 0 bridgehead atoms. The van der Waals surface area contributed by atoms with E-state index in [-0.39, 0.29) is 11.9 Å². The Morgan fingerprint density at radius 1 is 1.55 bits per heavy atom. The first kappa shape index (κ1) is 8.57. The van der Waals surface area contributed by atoms with Gasteiger partial charge in [-0.05, 0) is 25.7 Å². The van der Waals surface area contributed by atoms with Gasteiger partial charge in [-0.25, -0.2) is 0 Å². The van der Waals surface area contributed by atoms with Crippen molar-refractivity contribution in [1.82, 2.24) is 0 Å². The van der Waals surface area contributed by atoms with Gasteiger partial charge in [0.1, 0.15) is 0 Å². The zero-order chi connectivity index (χ0) is 8.27. The van der Waals surface area contributed by atoms with Gasteiger partial charge in [-0.2, -0.15) is 0 Å². The topological polar surface area (TPSA) is 26.3 Å². The van der Waals surface area contributed by atoms with Crippen molar-refractivity contribution < 1.29 is 9.53 Å². The minimum atomic E-state index is 0.0194. The van der Waals surface area contributed by atoms with E-state index in [0.29, 0.717) is 12.5 Å². The number of ether oxygens (including phenoxy) is 1. The molecule has 1 aliphatic rings. The summed E-state index contributed by atoms with van der Waals surface area (Å²) in [5.41, 5.74) is 0. The molecule has 0 radical (unpaired) electrons. The molecule has 0 aromatic rings. The second kappa shape index (κ2) is 3.74. The largest absolute Gasteiger partial charge is 0.466 e. The lowest BCUT2D eigenvalue weighted by Gasteiger charge is -1.98. The van der Waals surface area contributed by atoms with Crippen molar-refractivity contribution in [3.8, 4) is 0 Å². The van der Waals surface area contributed by atoms with E-state index in [1.807, 2.05) is 6.92 Å².